The molecular formula is C23H26N4O2S2. The highest BCUT2D eigenvalue weighted by atomic mass is 32.2. The molecule has 0 bridgehead atoms. The number of carbonyl (C=O) groups excluding carboxylic acids is 1. The third-order valence-corrected chi connectivity index (χ3v) is 7.20. The van der Waals surface area contributed by atoms with Gasteiger partial charge < -0.3 is 5.32 Å². The lowest BCUT2D eigenvalue weighted by Crippen LogP contribution is -2.29. The molecule has 6 nitrogen and oxygen atoms in total. The summed E-state index contributed by atoms with van der Waals surface area (Å²) in [6.07, 6.45) is 9.43. The fourth-order valence-electron chi connectivity index (χ4n) is 4.01. The van der Waals surface area contributed by atoms with Crippen LogP contribution in [-0.2, 0) is 4.79 Å². The summed E-state index contributed by atoms with van der Waals surface area (Å²) >= 11 is 6.55. The number of thiocarbonyl (C=S) groups is 1. The number of rotatable bonds is 5. The van der Waals surface area contributed by atoms with Crippen molar-refractivity contribution in [1.82, 2.24) is 14.3 Å². The minimum Gasteiger partial charge on any atom is -0.367 e. The average Bonchev–Trinajstić information content (AvgIpc) is 3.01. The molecule has 162 valence electrons. The van der Waals surface area contributed by atoms with Crippen molar-refractivity contribution in [2.75, 3.05) is 11.9 Å². The molecule has 2 aliphatic rings. The van der Waals surface area contributed by atoms with E-state index in [1.807, 2.05) is 19.1 Å². The van der Waals surface area contributed by atoms with Gasteiger partial charge in [0.1, 0.15) is 15.8 Å². The van der Waals surface area contributed by atoms with Gasteiger partial charge in [0.05, 0.1) is 10.5 Å². The van der Waals surface area contributed by atoms with Gasteiger partial charge in [0.25, 0.3) is 11.5 Å². The van der Waals surface area contributed by atoms with Gasteiger partial charge in [0, 0.05) is 18.8 Å². The first-order valence-corrected chi connectivity index (χ1v) is 11.8. The molecule has 1 N–H and O–H groups in total. The number of carbonyl (C=O) groups is 1. The summed E-state index contributed by atoms with van der Waals surface area (Å²) in [7, 11) is 0. The molecule has 4 rings (SSSR count). The third-order valence-electron chi connectivity index (χ3n) is 5.82. The fourth-order valence-corrected chi connectivity index (χ4v) is 5.27. The summed E-state index contributed by atoms with van der Waals surface area (Å²) < 4.78 is 2.01. The minimum absolute atomic E-state index is 0.200. The average molecular weight is 455 g/mol. The molecular weight excluding hydrogens is 428 g/mol. The van der Waals surface area contributed by atoms with Gasteiger partial charge in [-0.25, -0.2) is 4.98 Å². The summed E-state index contributed by atoms with van der Waals surface area (Å²) in [6, 6.07) is 4.05. The first-order valence-electron chi connectivity index (χ1n) is 10.5. The number of nitrogens with zero attached hydrogens (tertiary/aromatic N) is 3. The second-order valence-electron chi connectivity index (χ2n) is 8.30. The summed E-state index contributed by atoms with van der Waals surface area (Å²) in [5, 5.41) is 3.50. The van der Waals surface area contributed by atoms with Crippen LogP contribution in [0.25, 0.3) is 11.7 Å². The maximum absolute atomic E-state index is 13.4. The summed E-state index contributed by atoms with van der Waals surface area (Å²) in [4.78, 5) is 32.9. The van der Waals surface area contributed by atoms with E-state index in [0.29, 0.717) is 32.8 Å². The van der Waals surface area contributed by atoms with E-state index in [4.69, 9.17) is 17.2 Å². The number of anilines is 1. The standard InChI is InChI=1S/C23H26N4O2S2/c1-4-11-26-22(29)18(31-23(26)30)12-17-20(24-16-8-5-14(2)6-9-16)25-19-10-7-15(3)13-27(19)21(17)28/h4,7,10,12-14,16,24H,1,5-6,8-9,11H2,2-3H3/b18-12+. The van der Waals surface area contributed by atoms with Crippen molar-refractivity contribution in [3.63, 3.8) is 0 Å². The van der Waals surface area contributed by atoms with Gasteiger partial charge in [0.2, 0.25) is 0 Å². The monoisotopic (exact) mass is 454 g/mol. The maximum atomic E-state index is 13.4. The van der Waals surface area contributed by atoms with Crippen LogP contribution >= 0.6 is 24.0 Å². The van der Waals surface area contributed by atoms with E-state index in [1.54, 1.807) is 22.7 Å². The van der Waals surface area contributed by atoms with Gasteiger partial charge in [-0.15, -0.1) is 6.58 Å². The molecule has 1 aliphatic heterocycles. The molecule has 1 saturated carbocycles. The molecule has 2 aromatic heterocycles. The van der Waals surface area contributed by atoms with Crippen LogP contribution in [0.3, 0.4) is 0 Å². The molecule has 2 fully saturated rings. The minimum atomic E-state index is -0.207. The fraction of sp³-hybridized carbons (Fsp3) is 0.391. The number of thioether (sulfide) groups is 1. The smallest absolute Gasteiger partial charge is 0.267 e. The van der Waals surface area contributed by atoms with Crippen molar-refractivity contribution in [3.05, 3.63) is 57.4 Å². The topological polar surface area (TPSA) is 66.7 Å². The SMILES string of the molecule is C=CCN1C(=O)/C(=C\c2c(NC3CCC(C)CC3)nc3ccc(C)cn3c2=O)SC1=S. The zero-order chi connectivity index (χ0) is 22.1. The Labute approximate surface area is 191 Å². The molecule has 3 heterocycles. The predicted octanol–water partition coefficient (Wildman–Crippen LogP) is 4.38. The van der Waals surface area contributed by atoms with Gasteiger partial charge in [0.15, 0.2) is 0 Å². The number of pyridine rings is 1. The van der Waals surface area contributed by atoms with Crippen LogP contribution < -0.4 is 10.9 Å². The maximum Gasteiger partial charge on any atom is 0.267 e. The van der Waals surface area contributed by atoms with Crippen molar-refractivity contribution in [1.29, 1.82) is 0 Å². The van der Waals surface area contributed by atoms with E-state index in [-0.39, 0.29) is 17.5 Å². The largest absolute Gasteiger partial charge is 0.367 e. The number of nitrogens with one attached hydrogen (secondary N) is 1. The molecule has 0 aromatic carbocycles. The number of aryl methyl sites for hydroxylation is 1. The molecule has 0 atom stereocenters. The Morgan fingerprint density at radius 3 is 2.74 bits per heavy atom. The second kappa shape index (κ2) is 8.96. The number of hydrogen-bond donors (Lipinski definition) is 1. The Morgan fingerprint density at radius 2 is 2.03 bits per heavy atom. The molecule has 0 unspecified atom stereocenters. The molecule has 8 heteroatoms. The van der Waals surface area contributed by atoms with E-state index in [1.165, 1.54) is 16.7 Å². The van der Waals surface area contributed by atoms with Crippen LogP contribution in [0.15, 0.2) is 40.7 Å². The molecule has 0 radical (unpaired) electrons. The summed E-state index contributed by atoms with van der Waals surface area (Å²) in [5.41, 5.74) is 1.73. The number of fused-ring (bicyclic) bond motifs is 1. The van der Waals surface area contributed by atoms with Gasteiger partial charge >= 0.3 is 0 Å². The molecule has 1 aliphatic carbocycles. The normalized spacial score (nSPS) is 23.0. The lowest BCUT2D eigenvalue weighted by Gasteiger charge is -2.27. The Balaban J connectivity index is 1.79. The predicted molar refractivity (Wildman–Crippen MR) is 131 cm³/mol. The molecule has 2 aromatic rings. The Hall–Kier alpha value is -2.45. The van der Waals surface area contributed by atoms with Crippen molar-refractivity contribution < 1.29 is 4.79 Å². The quantitative estimate of drug-likeness (QED) is 0.411. The zero-order valence-corrected chi connectivity index (χ0v) is 19.4. The lowest BCUT2D eigenvalue weighted by molar-refractivity contribution is -0.121. The highest BCUT2D eigenvalue weighted by Crippen LogP contribution is 2.33. The van der Waals surface area contributed by atoms with Crippen LogP contribution in [0.4, 0.5) is 5.82 Å². The van der Waals surface area contributed by atoms with Gasteiger partial charge in [-0.05, 0) is 56.2 Å². The van der Waals surface area contributed by atoms with Crippen molar-refractivity contribution in [2.45, 2.75) is 45.6 Å². The number of amides is 1. The third kappa shape index (κ3) is 4.45. The van der Waals surface area contributed by atoms with E-state index < -0.39 is 0 Å². The van der Waals surface area contributed by atoms with Gasteiger partial charge in [-0.3, -0.25) is 18.9 Å². The van der Waals surface area contributed by atoms with Crippen LogP contribution in [-0.4, -0.2) is 37.1 Å². The molecule has 31 heavy (non-hydrogen) atoms. The molecule has 1 amide bonds. The Bertz CT molecular complexity index is 1150. The number of hydrogen-bond acceptors (Lipinski definition) is 6. The number of aromatic nitrogens is 2. The van der Waals surface area contributed by atoms with E-state index in [9.17, 15) is 9.59 Å². The van der Waals surface area contributed by atoms with Crippen molar-refractivity contribution in [3.8, 4) is 0 Å². The first kappa shape index (κ1) is 21.8. The van der Waals surface area contributed by atoms with Gasteiger partial charge in [-0.1, -0.05) is 43.0 Å². The molecule has 0 spiro atoms. The highest BCUT2D eigenvalue weighted by molar-refractivity contribution is 8.26. The summed E-state index contributed by atoms with van der Waals surface area (Å²) in [5.74, 6) is 1.05. The second-order valence-corrected chi connectivity index (χ2v) is 9.97. The van der Waals surface area contributed by atoms with Crippen LogP contribution in [0.1, 0.15) is 43.7 Å². The van der Waals surface area contributed by atoms with Crippen LogP contribution in [0, 0.1) is 12.8 Å². The lowest BCUT2D eigenvalue weighted by atomic mass is 9.87. The van der Waals surface area contributed by atoms with Gasteiger partial charge in [-0.2, -0.15) is 0 Å². The van der Waals surface area contributed by atoms with Crippen molar-refractivity contribution >= 4 is 51.7 Å². The Morgan fingerprint density at radius 1 is 1.29 bits per heavy atom. The van der Waals surface area contributed by atoms with Crippen molar-refractivity contribution in [2.24, 2.45) is 5.92 Å². The highest BCUT2D eigenvalue weighted by Gasteiger charge is 2.32. The summed E-state index contributed by atoms with van der Waals surface area (Å²) in [6.45, 7) is 8.24. The van der Waals surface area contributed by atoms with E-state index in [0.717, 1.165) is 37.2 Å². The van der Waals surface area contributed by atoms with Crippen LogP contribution in [0.2, 0.25) is 0 Å². The van der Waals surface area contributed by atoms with E-state index >= 15 is 0 Å². The zero-order valence-electron chi connectivity index (χ0n) is 17.8. The Kier molecular flexibility index (Phi) is 6.29. The first-order chi connectivity index (χ1) is 14.9. The van der Waals surface area contributed by atoms with Crippen LogP contribution in [0.5, 0.6) is 0 Å². The molecule has 1 saturated heterocycles. The van der Waals surface area contributed by atoms with E-state index in [2.05, 4.69) is 18.8 Å².